The molecule has 0 atom stereocenters. The zero-order valence-corrected chi connectivity index (χ0v) is 9.70. The molecule has 1 saturated carbocycles. The molecule has 16 heavy (non-hydrogen) atoms. The number of aromatic hydroxyl groups is 1. The fraction of sp³-hybridized carbons (Fsp3) is 0.538. The van der Waals surface area contributed by atoms with Crippen LogP contribution in [0, 0.1) is 5.92 Å². The first-order valence-electron chi connectivity index (χ1n) is 5.95. The summed E-state index contributed by atoms with van der Waals surface area (Å²) in [6.45, 7) is 1.20. The molecular formula is C13H19NO2. The average Bonchev–Trinajstić information content (AvgIpc) is 2.88. The van der Waals surface area contributed by atoms with E-state index in [0.29, 0.717) is 5.58 Å². The van der Waals surface area contributed by atoms with Gasteiger partial charge in [0.2, 0.25) is 0 Å². The van der Waals surface area contributed by atoms with Gasteiger partial charge in [0.1, 0.15) is 5.58 Å². The van der Waals surface area contributed by atoms with Crippen LogP contribution < -0.4 is 5.32 Å². The second kappa shape index (κ2) is 5.21. The lowest BCUT2D eigenvalue weighted by Gasteiger charge is -1.94. The molecular weight excluding hydrogens is 202 g/mol. The number of nitrogens with one attached hydrogen (secondary N) is 1. The topological polar surface area (TPSA) is 45.4 Å². The highest BCUT2D eigenvalue weighted by molar-refractivity contribution is 5.68. The Morgan fingerprint density at radius 2 is 2.25 bits per heavy atom. The van der Waals surface area contributed by atoms with Crippen molar-refractivity contribution in [2.24, 2.45) is 5.92 Å². The summed E-state index contributed by atoms with van der Waals surface area (Å²) in [7, 11) is 2.02. The molecule has 2 aromatic rings. The Morgan fingerprint density at radius 1 is 1.44 bits per heavy atom. The van der Waals surface area contributed by atoms with E-state index in [4.69, 9.17) is 9.52 Å². The number of phenols is 1. The van der Waals surface area contributed by atoms with E-state index in [1.54, 1.807) is 12.1 Å². The van der Waals surface area contributed by atoms with Crippen LogP contribution in [0.15, 0.2) is 22.6 Å². The molecule has 1 aliphatic rings. The Balaban J connectivity index is 0.000000120. The van der Waals surface area contributed by atoms with Gasteiger partial charge in [0.25, 0.3) is 0 Å². The SMILES string of the molecule is CNCCCC1CC1.Oc1cc2ccc1o2. The minimum Gasteiger partial charge on any atom is -0.504 e. The first kappa shape index (κ1) is 11.3. The summed E-state index contributed by atoms with van der Waals surface area (Å²) in [6, 6.07) is 5.15. The van der Waals surface area contributed by atoms with Gasteiger partial charge in [-0.25, -0.2) is 0 Å². The van der Waals surface area contributed by atoms with Crippen molar-refractivity contribution in [3.8, 4) is 5.75 Å². The van der Waals surface area contributed by atoms with Crippen molar-refractivity contribution in [1.29, 1.82) is 0 Å². The summed E-state index contributed by atoms with van der Waals surface area (Å²) in [5, 5.41) is 12.0. The van der Waals surface area contributed by atoms with Crippen LogP contribution in [-0.2, 0) is 0 Å². The molecule has 2 aromatic heterocycles. The van der Waals surface area contributed by atoms with E-state index in [0.717, 1.165) is 11.5 Å². The highest BCUT2D eigenvalue weighted by atomic mass is 16.4. The molecule has 2 heterocycles. The van der Waals surface area contributed by atoms with Crippen molar-refractivity contribution in [3.05, 3.63) is 18.2 Å². The molecule has 2 bridgehead atoms. The highest BCUT2D eigenvalue weighted by Crippen LogP contribution is 2.33. The van der Waals surface area contributed by atoms with Crippen LogP contribution in [-0.4, -0.2) is 18.7 Å². The first-order valence-corrected chi connectivity index (χ1v) is 5.95. The Kier molecular flexibility index (Phi) is 3.67. The Labute approximate surface area is 95.8 Å². The molecule has 1 fully saturated rings. The zero-order chi connectivity index (χ0) is 11.4. The van der Waals surface area contributed by atoms with Crippen LogP contribution in [0.25, 0.3) is 11.2 Å². The van der Waals surface area contributed by atoms with Gasteiger partial charge in [0.15, 0.2) is 11.3 Å². The summed E-state index contributed by atoms with van der Waals surface area (Å²) < 4.78 is 4.96. The van der Waals surface area contributed by atoms with Gasteiger partial charge >= 0.3 is 0 Å². The summed E-state index contributed by atoms with van der Waals surface area (Å²) in [4.78, 5) is 0. The third kappa shape index (κ3) is 3.14. The molecule has 2 N–H and O–H groups in total. The standard InChI is InChI=1S/C7H15N.C6H4O2/c1-8-6-2-3-7-4-5-7;7-5-3-4-1-2-6(5)8-4/h7-8H,2-6H2,1H3;1-3,7H. The number of hydrogen-bond donors (Lipinski definition) is 2. The molecule has 3 heteroatoms. The predicted molar refractivity (Wildman–Crippen MR) is 64.9 cm³/mol. The van der Waals surface area contributed by atoms with E-state index in [1.165, 1.54) is 32.2 Å². The fourth-order valence-electron chi connectivity index (χ4n) is 1.75. The van der Waals surface area contributed by atoms with Crippen molar-refractivity contribution in [2.75, 3.05) is 13.6 Å². The molecule has 0 saturated heterocycles. The molecule has 0 radical (unpaired) electrons. The van der Waals surface area contributed by atoms with E-state index in [9.17, 15) is 0 Å². The van der Waals surface area contributed by atoms with Crippen LogP contribution >= 0.6 is 0 Å². The summed E-state index contributed by atoms with van der Waals surface area (Å²) in [5.74, 6) is 1.35. The normalized spacial score (nSPS) is 15.1. The molecule has 1 aliphatic carbocycles. The number of phenolic OH excluding ortho intramolecular Hbond substituents is 1. The Hall–Kier alpha value is -1.22. The van der Waals surface area contributed by atoms with Gasteiger partial charge in [-0.3, -0.25) is 0 Å². The van der Waals surface area contributed by atoms with Crippen LogP contribution in [0.4, 0.5) is 0 Å². The van der Waals surface area contributed by atoms with Crippen molar-refractivity contribution in [1.82, 2.24) is 5.32 Å². The lowest BCUT2D eigenvalue weighted by Crippen LogP contribution is -2.07. The molecule has 3 rings (SSSR count). The molecule has 0 unspecified atom stereocenters. The van der Waals surface area contributed by atoms with Gasteiger partial charge < -0.3 is 14.8 Å². The third-order valence-electron chi connectivity index (χ3n) is 2.89. The lowest BCUT2D eigenvalue weighted by molar-refractivity contribution is 0.476. The van der Waals surface area contributed by atoms with Crippen LogP contribution in [0.1, 0.15) is 25.7 Å². The van der Waals surface area contributed by atoms with E-state index in [1.807, 2.05) is 13.1 Å². The summed E-state index contributed by atoms with van der Waals surface area (Å²) in [6.07, 6.45) is 5.84. The van der Waals surface area contributed by atoms with Gasteiger partial charge in [-0.15, -0.1) is 0 Å². The van der Waals surface area contributed by atoms with Crippen LogP contribution in [0.5, 0.6) is 5.75 Å². The van der Waals surface area contributed by atoms with E-state index < -0.39 is 0 Å². The summed E-state index contributed by atoms with van der Waals surface area (Å²) >= 11 is 0. The second-order valence-corrected chi connectivity index (χ2v) is 4.42. The number of furan rings is 2. The Bertz CT molecular complexity index is 406. The molecule has 0 aromatic carbocycles. The molecule has 0 amide bonds. The minimum atomic E-state index is 0.238. The smallest absolute Gasteiger partial charge is 0.169 e. The van der Waals surface area contributed by atoms with Gasteiger partial charge in [-0.1, -0.05) is 12.8 Å². The van der Waals surface area contributed by atoms with Crippen molar-refractivity contribution >= 4 is 11.2 Å². The maximum absolute atomic E-state index is 8.85. The number of fused-ring (bicyclic) bond motifs is 2. The zero-order valence-electron chi connectivity index (χ0n) is 9.70. The van der Waals surface area contributed by atoms with Crippen molar-refractivity contribution in [3.63, 3.8) is 0 Å². The predicted octanol–water partition coefficient (Wildman–Crippen LogP) is 2.97. The van der Waals surface area contributed by atoms with Gasteiger partial charge in [-0.05, 0) is 44.5 Å². The maximum Gasteiger partial charge on any atom is 0.169 e. The first-order chi connectivity index (χ1) is 7.79. The number of benzene rings is 1. The maximum atomic E-state index is 8.85. The Morgan fingerprint density at radius 3 is 2.62 bits per heavy atom. The average molecular weight is 221 g/mol. The summed E-state index contributed by atoms with van der Waals surface area (Å²) in [5.41, 5.74) is 1.30. The third-order valence-corrected chi connectivity index (χ3v) is 2.89. The van der Waals surface area contributed by atoms with E-state index >= 15 is 0 Å². The lowest BCUT2D eigenvalue weighted by atomic mass is 10.2. The van der Waals surface area contributed by atoms with Crippen molar-refractivity contribution in [2.45, 2.75) is 25.7 Å². The van der Waals surface area contributed by atoms with Crippen LogP contribution in [0.3, 0.4) is 0 Å². The molecule has 0 spiro atoms. The number of hydrogen-bond acceptors (Lipinski definition) is 3. The number of rotatable bonds is 4. The van der Waals surface area contributed by atoms with Crippen molar-refractivity contribution < 1.29 is 9.52 Å². The van der Waals surface area contributed by atoms with Gasteiger partial charge in [0, 0.05) is 6.07 Å². The van der Waals surface area contributed by atoms with Gasteiger partial charge in [0.05, 0.1) is 0 Å². The van der Waals surface area contributed by atoms with E-state index in [-0.39, 0.29) is 5.75 Å². The van der Waals surface area contributed by atoms with E-state index in [2.05, 4.69) is 5.32 Å². The quantitative estimate of drug-likeness (QED) is 0.780. The highest BCUT2D eigenvalue weighted by Gasteiger charge is 2.19. The molecule has 88 valence electrons. The minimum absolute atomic E-state index is 0.238. The van der Waals surface area contributed by atoms with Crippen LogP contribution in [0.2, 0.25) is 0 Å². The monoisotopic (exact) mass is 221 g/mol. The largest absolute Gasteiger partial charge is 0.504 e. The molecule has 0 aliphatic heterocycles. The second-order valence-electron chi connectivity index (χ2n) is 4.42. The molecule has 3 nitrogen and oxygen atoms in total. The van der Waals surface area contributed by atoms with Gasteiger partial charge in [-0.2, -0.15) is 0 Å². The fourth-order valence-corrected chi connectivity index (χ4v) is 1.75.